The van der Waals surface area contributed by atoms with Crippen molar-refractivity contribution < 1.29 is 13.2 Å². The number of sulfone groups is 1. The fraction of sp³-hybridized carbons (Fsp3) is 0.200. The SMILES string of the molecule is CNc1ccc(C)cc1S(=O)(=O)c1ccc(OC)cc1. The van der Waals surface area contributed by atoms with E-state index in [0.29, 0.717) is 11.4 Å². The number of hydrogen-bond donors (Lipinski definition) is 1. The van der Waals surface area contributed by atoms with Gasteiger partial charge in [-0.3, -0.25) is 0 Å². The van der Waals surface area contributed by atoms with Gasteiger partial charge in [-0.2, -0.15) is 0 Å². The van der Waals surface area contributed by atoms with Crippen molar-refractivity contribution in [3.05, 3.63) is 48.0 Å². The first kappa shape index (κ1) is 14.4. The van der Waals surface area contributed by atoms with Gasteiger partial charge in [0.25, 0.3) is 0 Å². The number of anilines is 1. The van der Waals surface area contributed by atoms with Gasteiger partial charge in [-0.1, -0.05) is 6.07 Å². The molecule has 5 heteroatoms. The number of aryl methyl sites for hydroxylation is 1. The van der Waals surface area contributed by atoms with E-state index in [2.05, 4.69) is 5.32 Å². The minimum atomic E-state index is -3.55. The van der Waals surface area contributed by atoms with Crippen molar-refractivity contribution >= 4 is 15.5 Å². The first-order chi connectivity index (χ1) is 9.48. The van der Waals surface area contributed by atoms with Crippen LogP contribution in [0.3, 0.4) is 0 Å². The number of hydrogen-bond acceptors (Lipinski definition) is 4. The van der Waals surface area contributed by atoms with Gasteiger partial charge in [0.15, 0.2) is 0 Å². The summed E-state index contributed by atoms with van der Waals surface area (Å²) < 4.78 is 30.4. The molecule has 0 bridgehead atoms. The Kier molecular flexibility index (Phi) is 3.99. The van der Waals surface area contributed by atoms with E-state index in [1.54, 1.807) is 50.6 Å². The van der Waals surface area contributed by atoms with Crippen LogP contribution in [-0.2, 0) is 9.84 Å². The van der Waals surface area contributed by atoms with Crippen LogP contribution in [0.1, 0.15) is 5.56 Å². The molecule has 0 saturated heterocycles. The Morgan fingerprint density at radius 1 is 1.05 bits per heavy atom. The van der Waals surface area contributed by atoms with E-state index >= 15 is 0 Å². The average molecular weight is 291 g/mol. The third-order valence-corrected chi connectivity index (χ3v) is 4.88. The van der Waals surface area contributed by atoms with Crippen molar-refractivity contribution in [1.29, 1.82) is 0 Å². The molecule has 0 atom stereocenters. The smallest absolute Gasteiger partial charge is 0.208 e. The summed E-state index contributed by atoms with van der Waals surface area (Å²) in [5, 5.41) is 2.92. The first-order valence-corrected chi connectivity index (χ1v) is 7.65. The van der Waals surface area contributed by atoms with Gasteiger partial charge >= 0.3 is 0 Å². The molecular weight excluding hydrogens is 274 g/mol. The molecule has 1 N–H and O–H groups in total. The van der Waals surface area contributed by atoms with Crippen molar-refractivity contribution in [1.82, 2.24) is 0 Å². The molecule has 0 radical (unpaired) electrons. The first-order valence-electron chi connectivity index (χ1n) is 6.16. The minimum absolute atomic E-state index is 0.250. The average Bonchev–Trinajstić information content (AvgIpc) is 2.47. The summed E-state index contributed by atoms with van der Waals surface area (Å²) in [6, 6.07) is 11.7. The minimum Gasteiger partial charge on any atom is -0.497 e. The Hall–Kier alpha value is -2.01. The van der Waals surface area contributed by atoms with Gasteiger partial charge in [0.1, 0.15) is 5.75 Å². The largest absolute Gasteiger partial charge is 0.497 e. The second-order valence-electron chi connectivity index (χ2n) is 4.43. The topological polar surface area (TPSA) is 55.4 Å². The summed E-state index contributed by atoms with van der Waals surface area (Å²) in [7, 11) is -0.296. The molecule has 2 aromatic rings. The van der Waals surface area contributed by atoms with Crippen LogP contribution >= 0.6 is 0 Å². The van der Waals surface area contributed by atoms with E-state index in [4.69, 9.17) is 4.74 Å². The summed E-state index contributed by atoms with van der Waals surface area (Å²) in [5.41, 5.74) is 1.49. The van der Waals surface area contributed by atoms with E-state index in [-0.39, 0.29) is 9.79 Å². The molecule has 0 aliphatic heterocycles. The van der Waals surface area contributed by atoms with Crippen LogP contribution in [0.15, 0.2) is 52.3 Å². The standard InChI is InChI=1S/C15H17NO3S/c1-11-4-9-14(16-2)15(10-11)20(17,18)13-7-5-12(19-3)6-8-13/h4-10,16H,1-3H3. The highest BCUT2D eigenvalue weighted by atomic mass is 32.2. The number of benzene rings is 2. The highest BCUT2D eigenvalue weighted by Crippen LogP contribution is 2.29. The molecule has 0 aromatic heterocycles. The van der Waals surface area contributed by atoms with Crippen LogP contribution in [0.2, 0.25) is 0 Å². The van der Waals surface area contributed by atoms with Crippen LogP contribution in [0.5, 0.6) is 5.75 Å². The van der Waals surface area contributed by atoms with Crippen LogP contribution in [0, 0.1) is 6.92 Å². The Morgan fingerprint density at radius 2 is 1.70 bits per heavy atom. The summed E-state index contributed by atoms with van der Waals surface area (Å²) in [5.74, 6) is 0.627. The zero-order valence-electron chi connectivity index (χ0n) is 11.7. The van der Waals surface area contributed by atoms with Crippen molar-refractivity contribution in [2.45, 2.75) is 16.7 Å². The van der Waals surface area contributed by atoms with Gasteiger partial charge in [0.05, 0.1) is 22.6 Å². The molecule has 0 spiro atoms. The quantitative estimate of drug-likeness (QED) is 0.941. The molecule has 20 heavy (non-hydrogen) atoms. The lowest BCUT2D eigenvalue weighted by Gasteiger charge is -2.11. The van der Waals surface area contributed by atoms with Gasteiger partial charge in [-0.05, 0) is 48.9 Å². The molecular formula is C15H17NO3S. The highest BCUT2D eigenvalue weighted by molar-refractivity contribution is 7.91. The fourth-order valence-corrected chi connectivity index (χ4v) is 3.49. The van der Waals surface area contributed by atoms with E-state index in [1.807, 2.05) is 13.0 Å². The van der Waals surface area contributed by atoms with Crippen molar-refractivity contribution in [2.75, 3.05) is 19.5 Å². The summed E-state index contributed by atoms with van der Waals surface area (Å²) >= 11 is 0. The second kappa shape index (κ2) is 5.54. The van der Waals surface area contributed by atoms with Crippen LogP contribution < -0.4 is 10.1 Å². The third-order valence-electron chi connectivity index (χ3n) is 3.07. The van der Waals surface area contributed by atoms with Gasteiger partial charge < -0.3 is 10.1 Å². The lowest BCUT2D eigenvalue weighted by atomic mass is 10.2. The molecule has 0 fully saturated rings. The van der Waals surface area contributed by atoms with Gasteiger partial charge in [-0.15, -0.1) is 0 Å². The second-order valence-corrected chi connectivity index (χ2v) is 6.35. The Morgan fingerprint density at radius 3 is 2.25 bits per heavy atom. The molecule has 0 aliphatic carbocycles. The monoisotopic (exact) mass is 291 g/mol. The normalized spacial score (nSPS) is 11.2. The number of rotatable bonds is 4. The molecule has 2 aromatic carbocycles. The number of ether oxygens (including phenoxy) is 1. The molecule has 0 heterocycles. The predicted molar refractivity (Wildman–Crippen MR) is 79.2 cm³/mol. The number of nitrogens with one attached hydrogen (secondary N) is 1. The highest BCUT2D eigenvalue weighted by Gasteiger charge is 2.21. The Balaban J connectivity index is 2.56. The maximum absolute atomic E-state index is 12.7. The van der Waals surface area contributed by atoms with E-state index < -0.39 is 9.84 Å². The van der Waals surface area contributed by atoms with E-state index in [9.17, 15) is 8.42 Å². The summed E-state index contributed by atoms with van der Waals surface area (Å²) in [6.07, 6.45) is 0. The molecule has 0 aliphatic rings. The zero-order chi connectivity index (χ0) is 14.8. The fourth-order valence-electron chi connectivity index (χ4n) is 1.94. The van der Waals surface area contributed by atoms with Gasteiger partial charge in [-0.25, -0.2) is 8.42 Å². The maximum atomic E-state index is 12.7. The van der Waals surface area contributed by atoms with Crippen LogP contribution in [-0.4, -0.2) is 22.6 Å². The molecule has 106 valence electrons. The Bertz CT molecular complexity index is 706. The van der Waals surface area contributed by atoms with Gasteiger partial charge in [0.2, 0.25) is 9.84 Å². The predicted octanol–water partition coefficient (Wildman–Crippen LogP) is 2.88. The van der Waals surface area contributed by atoms with Crippen LogP contribution in [0.4, 0.5) is 5.69 Å². The molecule has 4 nitrogen and oxygen atoms in total. The van der Waals surface area contributed by atoms with Crippen molar-refractivity contribution in [3.63, 3.8) is 0 Å². The summed E-state index contributed by atoms with van der Waals surface area (Å²) in [4.78, 5) is 0.533. The summed E-state index contributed by atoms with van der Waals surface area (Å²) in [6.45, 7) is 1.87. The lowest BCUT2D eigenvalue weighted by Crippen LogP contribution is -2.06. The van der Waals surface area contributed by atoms with E-state index in [0.717, 1.165) is 5.56 Å². The van der Waals surface area contributed by atoms with Crippen molar-refractivity contribution in [2.24, 2.45) is 0 Å². The third kappa shape index (κ3) is 2.63. The number of methoxy groups -OCH3 is 1. The maximum Gasteiger partial charge on any atom is 0.208 e. The van der Waals surface area contributed by atoms with Gasteiger partial charge in [0, 0.05) is 7.05 Å². The molecule has 0 amide bonds. The Labute approximate surface area is 119 Å². The molecule has 2 rings (SSSR count). The van der Waals surface area contributed by atoms with Crippen LogP contribution in [0.25, 0.3) is 0 Å². The zero-order valence-corrected chi connectivity index (χ0v) is 12.5. The lowest BCUT2D eigenvalue weighted by molar-refractivity contribution is 0.414. The molecule has 0 unspecified atom stereocenters. The molecule has 0 saturated carbocycles. The van der Waals surface area contributed by atoms with E-state index in [1.165, 1.54) is 0 Å². The van der Waals surface area contributed by atoms with Crippen molar-refractivity contribution in [3.8, 4) is 5.75 Å².